The molecule has 3 aliphatic rings. The summed E-state index contributed by atoms with van der Waals surface area (Å²) in [5.41, 5.74) is -0.494. The first-order chi connectivity index (χ1) is 32.1. The van der Waals surface area contributed by atoms with E-state index in [1.54, 1.807) is 28.1 Å². The molecule has 3 aromatic carbocycles. The number of H-pyrrole nitrogens is 2. The normalized spacial score (nSPS) is 22.8. The van der Waals surface area contributed by atoms with Gasteiger partial charge in [0, 0.05) is 63.5 Å². The highest BCUT2D eigenvalue weighted by Crippen LogP contribution is 2.56. The minimum atomic E-state index is -3.70. The Balaban J connectivity index is 1.21. The summed E-state index contributed by atoms with van der Waals surface area (Å²) in [5, 5.41) is 0. The molecule has 7 atom stereocenters. The van der Waals surface area contributed by atoms with Crippen molar-refractivity contribution in [3.05, 3.63) is 161 Å². The zero-order valence-electron chi connectivity index (χ0n) is 38.4. The summed E-state index contributed by atoms with van der Waals surface area (Å²) in [6.07, 6.45) is -0.712. The van der Waals surface area contributed by atoms with Crippen LogP contribution in [0.4, 0.5) is 0 Å². The van der Waals surface area contributed by atoms with Crippen LogP contribution in [-0.2, 0) is 40.7 Å². The van der Waals surface area contributed by atoms with Gasteiger partial charge in [-0.25, -0.2) is 9.59 Å². The molecule has 0 saturated carbocycles. The Morgan fingerprint density at radius 3 is 1.69 bits per heavy atom. The van der Waals surface area contributed by atoms with E-state index in [9.17, 15) is 19.2 Å². The molecule has 67 heavy (non-hydrogen) atoms. The number of aryl methyl sites for hydroxylation is 2. The Hall–Kier alpha value is -5.66. The second-order valence-corrected chi connectivity index (χ2v) is 19.9. The molecular formula is C47H56N7O11PS. The van der Waals surface area contributed by atoms with Gasteiger partial charge >= 0.3 is 18.0 Å². The van der Waals surface area contributed by atoms with Gasteiger partial charge in [0.15, 0.2) is 0 Å². The number of aromatic amines is 2. The zero-order chi connectivity index (χ0) is 47.6. The summed E-state index contributed by atoms with van der Waals surface area (Å²) in [6, 6.07) is 25.1. The lowest BCUT2D eigenvalue weighted by molar-refractivity contribution is -0.0972. The third-order valence-electron chi connectivity index (χ3n) is 12.5. The molecule has 3 saturated heterocycles. The third kappa shape index (κ3) is 9.86. The molecule has 0 aliphatic carbocycles. The third-order valence-corrected chi connectivity index (χ3v) is 14.8. The molecule has 0 amide bonds. The van der Waals surface area contributed by atoms with Crippen LogP contribution in [-0.4, -0.2) is 107 Å². The lowest BCUT2D eigenvalue weighted by Crippen LogP contribution is -2.41. The second-order valence-electron chi connectivity index (χ2n) is 16.9. The molecule has 1 unspecified atom stereocenters. The van der Waals surface area contributed by atoms with Gasteiger partial charge in [0.25, 0.3) is 11.1 Å². The van der Waals surface area contributed by atoms with Crippen LogP contribution >= 0.6 is 6.64 Å². The summed E-state index contributed by atoms with van der Waals surface area (Å²) in [4.78, 5) is 60.0. The number of hydrogen-bond donors (Lipinski definition) is 2. The zero-order valence-corrected chi connectivity index (χ0v) is 40.2. The summed E-state index contributed by atoms with van der Waals surface area (Å²) in [7, 11) is 7.04. The van der Waals surface area contributed by atoms with Crippen LogP contribution in [0.3, 0.4) is 0 Å². The van der Waals surface area contributed by atoms with Gasteiger partial charge in [-0.05, 0) is 73.0 Å². The summed E-state index contributed by atoms with van der Waals surface area (Å²) in [6.45, 7) is 2.68. The number of nitrogens with zero attached hydrogens (tertiary/aromatic N) is 5. The van der Waals surface area contributed by atoms with Crippen molar-refractivity contribution in [1.29, 1.82) is 0 Å². The number of aromatic nitrogens is 4. The highest BCUT2D eigenvalue weighted by molar-refractivity contribution is 8.09. The van der Waals surface area contributed by atoms with Crippen molar-refractivity contribution in [3.63, 3.8) is 0 Å². The van der Waals surface area contributed by atoms with Gasteiger partial charge in [-0.15, -0.1) is 0 Å². The Kier molecular flexibility index (Phi) is 14.2. The molecule has 2 aromatic heterocycles. The quantitative estimate of drug-likeness (QED) is 0.0998. The van der Waals surface area contributed by atoms with Crippen LogP contribution in [0.5, 0.6) is 11.5 Å². The number of guanidine groups is 1. The molecule has 3 fully saturated rings. The van der Waals surface area contributed by atoms with Crippen molar-refractivity contribution in [3.8, 4) is 11.5 Å². The molecule has 0 radical (unpaired) electrons. The fourth-order valence-corrected chi connectivity index (χ4v) is 11.1. The number of likely N-dealkylation sites (N-methyl/N-ethyl adjacent to an activating group) is 2. The van der Waals surface area contributed by atoms with E-state index in [-0.39, 0.29) is 19.4 Å². The number of rotatable bonds is 16. The van der Waals surface area contributed by atoms with E-state index in [2.05, 4.69) is 9.97 Å². The summed E-state index contributed by atoms with van der Waals surface area (Å²) in [5.74, 6) is 1.88. The smallest absolute Gasteiger partial charge is 0.330 e. The first kappa shape index (κ1) is 47.8. The van der Waals surface area contributed by atoms with Gasteiger partial charge in [0.2, 0.25) is 5.96 Å². The van der Waals surface area contributed by atoms with Crippen molar-refractivity contribution in [2.75, 3.05) is 48.0 Å². The van der Waals surface area contributed by atoms with E-state index in [4.69, 9.17) is 49.3 Å². The number of ether oxygens (including phenoxy) is 5. The Morgan fingerprint density at radius 2 is 1.19 bits per heavy atom. The predicted octanol–water partition coefficient (Wildman–Crippen LogP) is 4.94. The molecule has 0 bridgehead atoms. The van der Waals surface area contributed by atoms with E-state index in [1.165, 1.54) is 21.5 Å². The van der Waals surface area contributed by atoms with Crippen molar-refractivity contribution < 1.29 is 32.7 Å². The number of benzene rings is 3. The maximum absolute atomic E-state index is 13.5. The lowest BCUT2D eigenvalue weighted by Gasteiger charge is -2.39. The molecule has 5 aromatic rings. The van der Waals surface area contributed by atoms with Crippen molar-refractivity contribution >= 4 is 24.4 Å². The Labute approximate surface area is 392 Å². The van der Waals surface area contributed by atoms with Crippen LogP contribution < -0.4 is 32.0 Å². The molecule has 5 heterocycles. The maximum Gasteiger partial charge on any atom is 0.330 e. The van der Waals surface area contributed by atoms with Crippen molar-refractivity contribution in [1.82, 2.24) is 28.9 Å². The summed E-state index contributed by atoms with van der Waals surface area (Å²) >= 11 is 6.38. The Morgan fingerprint density at radius 1 is 0.716 bits per heavy atom. The van der Waals surface area contributed by atoms with Gasteiger partial charge in [-0.3, -0.25) is 28.7 Å². The Bertz CT molecular complexity index is 2810. The largest absolute Gasteiger partial charge is 0.497 e. The molecule has 356 valence electrons. The average molecular weight is 958 g/mol. The topological polar surface area (TPSA) is 193 Å². The molecule has 3 aliphatic heterocycles. The molecule has 18 nitrogen and oxygen atoms in total. The van der Waals surface area contributed by atoms with Crippen LogP contribution in [0, 0.1) is 13.8 Å². The van der Waals surface area contributed by atoms with Crippen LogP contribution in [0.25, 0.3) is 0 Å². The molecule has 8 rings (SSSR count). The average Bonchev–Trinajstić information content (AvgIpc) is 4.02. The molecule has 2 N–H and O–H groups in total. The maximum atomic E-state index is 13.5. The molecular weight excluding hydrogens is 902 g/mol. The number of hydrogen-bond acceptors (Lipinski definition) is 12. The highest BCUT2D eigenvalue weighted by atomic mass is 32.5. The monoisotopic (exact) mass is 957 g/mol. The van der Waals surface area contributed by atoms with Crippen LogP contribution in [0.15, 0.2) is 115 Å². The van der Waals surface area contributed by atoms with Gasteiger partial charge < -0.3 is 42.5 Å². The van der Waals surface area contributed by atoms with Crippen molar-refractivity contribution in [2.45, 2.75) is 82.5 Å². The first-order valence-corrected chi connectivity index (χ1v) is 24.7. The van der Waals surface area contributed by atoms with Gasteiger partial charge in [0.05, 0.1) is 39.1 Å². The minimum absolute atomic E-state index is 0.146. The van der Waals surface area contributed by atoms with Crippen LogP contribution in [0.2, 0.25) is 0 Å². The first-order valence-electron chi connectivity index (χ1n) is 22.1. The van der Waals surface area contributed by atoms with Crippen LogP contribution in [0.1, 0.15) is 66.5 Å². The number of methoxy groups -OCH3 is 2. The number of nitrogens with one attached hydrogen (secondary N) is 2. The van der Waals surface area contributed by atoms with E-state index in [0.717, 1.165) is 16.7 Å². The van der Waals surface area contributed by atoms with Gasteiger partial charge in [0.1, 0.15) is 35.7 Å². The van der Waals surface area contributed by atoms with E-state index >= 15 is 0 Å². The fraction of sp³-hybridized carbons (Fsp3) is 0.426. The SMILES string of the molecule is CC[C@H]1O[C@@H](n2cc(C)c(=O)[nH]c2=O)C[C@H]1OP(=S)(N=C1N(C)CCN1C)OC[C@H]1O[C@@H](n2cc(C)c(=O)[nH]c2=O)C[C@H]1OC(c1ccccc1)(c1ccc(OC)cc1)c1ccc(OC)cc1. The van der Waals surface area contributed by atoms with E-state index < -0.39 is 71.6 Å². The highest BCUT2D eigenvalue weighted by Gasteiger charge is 2.48. The second kappa shape index (κ2) is 19.9. The lowest BCUT2D eigenvalue weighted by atomic mass is 9.79. The molecule has 20 heteroatoms. The minimum Gasteiger partial charge on any atom is -0.497 e. The van der Waals surface area contributed by atoms with Gasteiger partial charge in [-0.2, -0.15) is 4.76 Å². The van der Waals surface area contributed by atoms with E-state index in [1.807, 2.05) is 110 Å². The standard InChI is InChI=1S/C47H56N7O11PS/c1-8-36-38(25-41(62-36)54-27-30(3)43(56)49-46(54)58)65-66(67,50-44-51(4)22-23-52(44)5)61-28-39-37(24-40(63-39)53-26-29(2)42(55)48-45(53)57)64-47(31-12-10-9-11-13-31,32-14-18-34(59-6)19-15-32)33-16-20-35(60-7)21-17-33/h9-21,26-27,36-41H,8,22-25,28H2,1-7H3,(H,48,55,57)(H,49,56,58)/t36-,37-,38-,39-,40-,41-,66?/m1/s1. The predicted molar refractivity (Wildman–Crippen MR) is 254 cm³/mol. The van der Waals surface area contributed by atoms with Crippen molar-refractivity contribution in [2.24, 2.45) is 4.76 Å². The van der Waals surface area contributed by atoms with Gasteiger partial charge in [-0.1, -0.05) is 61.5 Å². The molecule has 0 spiro atoms. The van der Waals surface area contributed by atoms with E-state index in [0.29, 0.717) is 48.1 Å². The summed E-state index contributed by atoms with van der Waals surface area (Å²) < 4.78 is 53.3. The fourth-order valence-electron chi connectivity index (χ4n) is 8.82.